The van der Waals surface area contributed by atoms with Crippen molar-refractivity contribution in [3.05, 3.63) is 0 Å². The molecular weight excluding hydrogens is 276 g/mol. The van der Waals surface area contributed by atoms with Gasteiger partial charge in [-0.2, -0.15) is 8.78 Å². The number of carbonyl (C=O) groups is 2. The lowest BCUT2D eigenvalue weighted by Crippen LogP contribution is -2.51. The molecule has 0 bridgehead atoms. The molecule has 0 aliphatic heterocycles. The zero-order valence-electron chi connectivity index (χ0n) is 12.2. The molecule has 0 aromatic carbocycles. The number of esters is 1. The number of amides is 1. The summed E-state index contributed by atoms with van der Waals surface area (Å²) in [5.74, 6) is -0.869. The number of ether oxygens (including phenoxy) is 3. The lowest BCUT2D eigenvalue weighted by molar-refractivity contribution is -0.176. The lowest BCUT2D eigenvalue weighted by Gasteiger charge is -2.25. The van der Waals surface area contributed by atoms with Gasteiger partial charge in [0.1, 0.15) is 5.60 Å². The molecule has 0 aliphatic carbocycles. The van der Waals surface area contributed by atoms with E-state index in [4.69, 9.17) is 9.47 Å². The molecule has 0 aromatic rings. The average Bonchev–Trinajstić information content (AvgIpc) is 2.22. The highest BCUT2D eigenvalue weighted by Crippen LogP contribution is 2.10. The van der Waals surface area contributed by atoms with Gasteiger partial charge >= 0.3 is 18.7 Å². The van der Waals surface area contributed by atoms with Crippen molar-refractivity contribution >= 4 is 12.1 Å². The minimum absolute atomic E-state index is 0.0483. The van der Waals surface area contributed by atoms with E-state index in [-0.39, 0.29) is 6.61 Å². The Morgan fingerprint density at radius 3 is 2.20 bits per heavy atom. The second-order valence-corrected chi connectivity index (χ2v) is 4.98. The van der Waals surface area contributed by atoms with Crippen molar-refractivity contribution < 1.29 is 32.6 Å². The Bertz CT molecular complexity index is 330. The predicted molar refractivity (Wildman–Crippen MR) is 66.3 cm³/mol. The number of alkyl halides is 2. The van der Waals surface area contributed by atoms with Crippen molar-refractivity contribution in [3.63, 3.8) is 0 Å². The van der Waals surface area contributed by atoms with Crippen molar-refractivity contribution in [1.82, 2.24) is 5.32 Å². The van der Waals surface area contributed by atoms with Crippen LogP contribution in [0.1, 0.15) is 34.6 Å². The van der Waals surface area contributed by atoms with Crippen molar-refractivity contribution in [1.29, 1.82) is 0 Å². The van der Waals surface area contributed by atoms with E-state index in [9.17, 15) is 18.4 Å². The standard InChI is InChI=1S/C12H21F2NO5/c1-6-18-9(16)8(7(2)19-10(13)14)15-11(17)20-12(3,4)5/h7-8,10H,6H2,1-5H3,(H,15,17). The van der Waals surface area contributed by atoms with Crippen LogP contribution in [0.3, 0.4) is 0 Å². The molecule has 0 spiro atoms. The smallest absolute Gasteiger partial charge is 0.408 e. The zero-order chi connectivity index (χ0) is 15.9. The molecule has 20 heavy (non-hydrogen) atoms. The maximum absolute atomic E-state index is 12.2. The Kier molecular flexibility index (Phi) is 7.41. The Hall–Kier alpha value is -1.44. The van der Waals surface area contributed by atoms with Crippen LogP contribution in [0.25, 0.3) is 0 Å². The second kappa shape index (κ2) is 7.98. The number of carbonyl (C=O) groups excluding carboxylic acids is 2. The van der Waals surface area contributed by atoms with E-state index in [1.165, 1.54) is 6.92 Å². The summed E-state index contributed by atoms with van der Waals surface area (Å²) >= 11 is 0. The SMILES string of the molecule is CCOC(=O)C(NC(=O)OC(C)(C)C)C(C)OC(F)F. The Morgan fingerprint density at radius 1 is 1.25 bits per heavy atom. The molecule has 0 heterocycles. The zero-order valence-corrected chi connectivity index (χ0v) is 12.2. The van der Waals surface area contributed by atoms with Gasteiger partial charge in [-0.3, -0.25) is 0 Å². The third-order valence-corrected chi connectivity index (χ3v) is 2.00. The quantitative estimate of drug-likeness (QED) is 0.760. The molecule has 0 saturated carbocycles. The monoisotopic (exact) mass is 297 g/mol. The second-order valence-electron chi connectivity index (χ2n) is 4.98. The van der Waals surface area contributed by atoms with Gasteiger partial charge in [-0.1, -0.05) is 0 Å². The van der Waals surface area contributed by atoms with Gasteiger partial charge in [0.15, 0.2) is 6.04 Å². The van der Waals surface area contributed by atoms with Crippen molar-refractivity contribution in [2.24, 2.45) is 0 Å². The maximum Gasteiger partial charge on any atom is 0.408 e. The summed E-state index contributed by atoms with van der Waals surface area (Å²) in [6.07, 6.45) is -2.18. The highest BCUT2D eigenvalue weighted by atomic mass is 19.3. The molecule has 0 radical (unpaired) electrons. The molecule has 8 heteroatoms. The van der Waals surface area contributed by atoms with Gasteiger partial charge in [0, 0.05) is 0 Å². The summed E-state index contributed by atoms with van der Waals surface area (Å²) in [4.78, 5) is 23.2. The highest BCUT2D eigenvalue weighted by Gasteiger charge is 2.32. The fraction of sp³-hybridized carbons (Fsp3) is 0.833. The van der Waals surface area contributed by atoms with Crippen molar-refractivity contribution in [2.45, 2.75) is 59.0 Å². The van der Waals surface area contributed by atoms with Gasteiger partial charge in [-0.25, -0.2) is 9.59 Å². The first-order valence-electron chi connectivity index (χ1n) is 6.16. The maximum atomic E-state index is 12.2. The number of nitrogens with one attached hydrogen (secondary N) is 1. The van der Waals surface area contributed by atoms with Crippen LogP contribution in [0.2, 0.25) is 0 Å². The largest absolute Gasteiger partial charge is 0.464 e. The summed E-state index contributed by atoms with van der Waals surface area (Å²) in [5.41, 5.74) is -0.782. The molecule has 118 valence electrons. The minimum Gasteiger partial charge on any atom is -0.464 e. The summed E-state index contributed by atoms with van der Waals surface area (Å²) in [7, 11) is 0. The average molecular weight is 297 g/mol. The van der Waals surface area contributed by atoms with E-state index < -0.39 is 36.4 Å². The number of alkyl carbamates (subject to hydrolysis) is 1. The molecule has 1 N–H and O–H groups in total. The van der Waals surface area contributed by atoms with Gasteiger partial charge in [0.25, 0.3) is 0 Å². The number of hydrogen-bond acceptors (Lipinski definition) is 5. The van der Waals surface area contributed by atoms with E-state index in [1.54, 1.807) is 27.7 Å². The van der Waals surface area contributed by atoms with Gasteiger partial charge in [-0.15, -0.1) is 0 Å². The molecule has 0 aromatic heterocycles. The van der Waals surface area contributed by atoms with Crippen LogP contribution >= 0.6 is 0 Å². The van der Waals surface area contributed by atoms with Crippen LogP contribution in [-0.4, -0.2) is 43.0 Å². The minimum atomic E-state index is -3.07. The van der Waals surface area contributed by atoms with Crippen LogP contribution in [0.5, 0.6) is 0 Å². The van der Waals surface area contributed by atoms with Gasteiger partial charge in [0.05, 0.1) is 12.7 Å². The third-order valence-electron chi connectivity index (χ3n) is 2.00. The van der Waals surface area contributed by atoms with E-state index >= 15 is 0 Å². The molecule has 0 saturated heterocycles. The lowest BCUT2D eigenvalue weighted by atomic mass is 10.2. The first-order chi connectivity index (χ1) is 9.06. The molecule has 1 amide bonds. The number of halogens is 2. The summed E-state index contributed by atoms with van der Waals surface area (Å²) in [6.45, 7) is 4.65. The van der Waals surface area contributed by atoms with E-state index in [2.05, 4.69) is 10.1 Å². The summed E-state index contributed by atoms with van der Waals surface area (Å²) in [6, 6.07) is -1.38. The van der Waals surface area contributed by atoms with Crippen LogP contribution in [0.15, 0.2) is 0 Å². The van der Waals surface area contributed by atoms with E-state index in [0.717, 1.165) is 0 Å². The third kappa shape index (κ3) is 7.88. The van der Waals surface area contributed by atoms with Gasteiger partial charge in [-0.05, 0) is 34.6 Å². The van der Waals surface area contributed by atoms with Crippen LogP contribution in [-0.2, 0) is 19.0 Å². The first kappa shape index (κ1) is 18.6. The molecular formula is C12H21F2NO5. The fourth-order valence-electron chi connectivity index (χ4n) is 1.28. The van der Waals surface area contributed by atoms with Gasteiger partial charge in [0.2, 0.25) is 0 Å². The molecule has 0 aliphatic rings. The number of rotatable bonds is 6. The molecule has 0 fully saturated rings. The Labute approximate surface area is 116 Å². The van der Waals surface area contributed by atoms with Crippen LogP contribution < -0.4 is 5.32 Å². The summed E-state index contributed by atoms with van der Waals surface area (Å²) < 4.78 is 38.2. The van der Waals surface area contributed by atoms with E-state index in [1.807, 2.05) is 0 Å². The number of hydrogen-bond donors (Lipinski definition) is 1. The molecule has 6 nitrogen and oxygen atoms in total. The molecule has 0 rings (SSSR count). The fourth-order valence-corrected chi connectivity index (χ4v) is 1.28. The van der Waals surface area contributed by atoms with Gasteiger partial charge < -0.3 is 19.5 Å². The Morgan fingerprint density at radius 2 is 1.80 bits per heavy atom. The highest BCUT2D eigenvalue weighted by molar-refractivity contribution is 5.82. The van der Waals surface area contributed by atoms with Crippen LogP contribution in [0.4, 0.5) is 13.6 Å². The Balaban J connectivity index is 4.76. The topological polar surface area (TPSA) is 73.9 Å². The predicted octanol–water partition coefficient (Wildman–Crippen LogP) is 2.07. The van der Waals surface area contributed by atoms with E-state index in [0.29, 0.717) is 0 Å². The van der Waals surface area contributed by atoms with Crippen molar-refractivity contribution in [3.8, 4) is 0 Å². The summed E-state index contributed by atoms with van der Waals surface area (Å²) in [5, 5.41) is 2.17. The molecule has 2 unspecified atom stereocenters. The van der Waals surface area contributed by atoms with Crippen LogP contribution in [0, 0.1) is 0 Å². The van der Waals surface area contributed by atoms with Crippen molar-refractivity contribution in [2.75, 3.05) is 6.61 Å². The normalized spacial score (nSPS) is 14.6. The first-order valence-corrected chi connectivity index (χ1v) is 6.16. The molecule has 2 atom stereocenters.